The normalized spacial score (nSPS) is 10.3. The molecule has 0 unspecified atom stereocenters. The van der Waals surface area contributed by atoms with Crippen molar-refractivity contribution in [2.75, 3.05) is 11.9 Å². The molecule has 2 aromatic carbocycles. The second-order valence-corrected chi connectivity index (χ2v) is 5.68. The van der Waals surface area contributed by atoms with Crippen LogP contribution in [0.4, 0.5) is 5.69 Å². The molecule has 0 aliphatic carbocycles. The second-order valence-electron chi connectivity index (χ2n) is 4.83. The molecule has 0 aromatic heterocycles. The first-order valence-electron chi connectivity index (χ1n) is 6.91. The van der Waals surface area contributed by atoms with Gasteiger partial charge in [-0.3, -0.25) is 0 Å². The van der Waals surface area contributed by atoms with Crippen LogP contribution >= 0.6 is 15.9 Å². The van der Waals surface area contributed by atoms with Gasteiger partial charge in [-0.25, -0.2) is 0 Å². The lowest BCUT2D eigenvalue weighted by Crippen LogP contribution is -2.01. The Hall–Kier alpha value is -1.48. The summed E-state index contributed by atoms with van der Waals surface area (Å²) in [7, 11) is 0. The molecular formula is C17H20BrNO. The molecule has 0 saturated heterocycles. The zero-order chi connectivity index (χ0) is 14.4. The van der Waals surface area contributed by atoms with Crippen LogP contribution in [0, 0.1) is 6.92 Å². The molecule has 0 saturated carbocycles. The Morgan fingerprint density at radius 1 is 1.10 bits per heavy atom. The van der Waals surface area contributed by atoms with Gasteiger partial charge in [0.05, 0.1) is 6.61 Å². The fourth-order valence-electron chi connectivity index (χ4n) is 1.90. The molecule has 2 aromatic rings. The Bertz CT molecular complexity index is 551. The van der Waals surface area contributed by atoms with E-state index < -0.39 is 0 Å². The number of hydrogen-bond donors (Lipinski definition) is 1. The first kappa shape index (κ1) is 14.9. The maximum Gasteiger partial charge on any atom is 0.119 e. The lowest BCUT2D eigenvalue weighted by atomic mass is 10.2. The van der Waals surface area contributed by atoms with Crippen LogP contribution in [-0.2, 0) is 6.54 Å². The summed E-state index contributed by atoms with van der Waals surface area (Å²) in [6.45, 7) is 5.78. The van der Waals surface area contributed by atoms with Gasteiger partial charge in [-0.2, -0.15) is 0 Å². The highest BCUT2D eigenvalue weighted by molar-refractivity contribution is 9.10. The molecule has 0 fully saturated rings. The van der Waals surface area contributed by atoms with Crippen LogP contribution in [-0.4, -0.2) is 6.61 Å². The molecule has 0 amide bonds. The minimum Gasteiger partial charge on any atom is -0.494 e. The number of hydrogen-bond acceptors (Lipinski definition) is 2. The predicted octanol–water partition coefficient (Wildman–Crippen LogP) is 5.16. The standard InChI is InChI=1S/C17H20BrNO/c1-3-10-20-15-7-5-14(6-8-15)12-19-17-11-13(2)4-9-16(17)18/h4-9,11,19H,3,10,12H2,1-2H3. The quantitative estimate of drug-likeness (QED) is 0.788. The predicted molar refractivity (Wildman–Crippen MR) is 88.4 cm³/mol. The van der Waals surface area contributed by atoms with Crippen LogP contribution in [0.15, 0.2) is 46.9 Å². The fraction of sp³-hybridized carbons (Fsp3) is 0.294. The van der Waals surface area contributed by atoms with Gasteiger partial charge in [0.15, 0.2) is 0 Å². The van der Waals surface area contributed by atoms with E-state index in [1.165, 1.54) is 11.1 Å². The van der Waals surface area contributed by atoms with Crippen molar-refractivity contribution in [2.24, 2.45) is 0 Å². The number of rotatable bonds is 6. The van der Waals surface area contributed by atoms with E-state index in [4.69, 9.17) is 4.74 Å². The molecule has 20 heavy (non-hydrogen) atoms. The van der Waals surface area contributed by atoms with E-state index >= 15 is 0 Å². The highest BCUT2D eigenvalue weighted by Gasteiger charge is 2.00. The van der Waals surface area contributed by atoms with Crippen LogP contribution < -0.4 is 10.1 Å². The Balaban J connectivity index is 1.95. The van der Waals surface area contributed by atoms with Gasteiger partial charge in [0, 0.05) is 16.7 Å². The number of nitrogens with one attached hydrogen (secondary N) is 1. The summed E-state index contributed by atoms with van der Waals surface area (Å²) < 4.78 is 6.67. The smallest absolute Gasteiger partial charge is 0.119 e. The zero-order valence-corrected chi connectivity index (χ0v) is 13.5. The van der Waals surface area contributed by atoms with E-state index in [2.05, 4.69) is 65.4 Å². The lowest BCUT2D eigenvalue weighted by Gasteiger charge is -2.10. The van der Waals surface area contributed by atoms with Gasteiger partial charge in [0.2, 0.25) is 0 Å². The van der Waals surface area contributed by atoms with Crippen LogP contribution in [0.3, 0.4) is 0 Å². The van der Waals surface area contributed by atoms with Crippen molar-refractivity contribution >= 4 is 21.6 Å². The van der Waals surface area contributed by atoms with Crippen molar-refractivity contribution in [1.29, 1.82) is 0 Å². The van der Waals surface area contributed by atoms with Crippen molar-refractivity contribution in [1.82, 2.24) is 0 Å². The zero-order valence-electron chi connectivity index (χ0n) is 11.9. The molecule has 106 valence electrons. The average molecular weight is 334 g/mol. The second kappa shape index (κ2) is 7.34. The van der Waals surface area contributed by atoms with Gasteiger partial charge in [-0.1, -0.05) is 25.1 Å². The Kier molecular flexibility index (Phi) is 5.48. The van der Waals surface area contributed by atoms with Gasteiger partial charge in [-0.15, -0.1) is 0 Å². The third-order valence-electron chi connectivity index (χ3n) is 3.00. The number of halogens is 1. The van der Waals surface area contributed by atoms with Crippen molar-refractivity contribution in [3.05, 3.63) is 58.1 Å². The molecule has 2 rings (SSSR count). The molecule has 0 aliphatic heterocycles. The molecule has 3 heteroatoms. The van der Waals surface area contributed by atoms with Crippen LogP contribution in [0.2, 0.25) is 0 Å². The molecule has 0 bridgehead atoms. The van der Waals surface area contributed by atoms with E-state index in [-0.39, 0.29) is 0 Å². The van der Waals surface area contributed by atoms with E-state index in [0.717, 1.165) is 35.5 Å². The number of anilines is 1. The molecule has 0 atom stereocenters. The molecule has 0 heterocycles. The van der Waals surface area contributed by atoms with Gasteiger partial charge in [-0.05, 0) is 64.7 Å². The maximum absolute atomic E-state index is 5.58. The van der Waals surface area contributed by atoms with E-state index in [9.17, 15) is 0 Å². The molecule has 2 nitrogen and oxygen atoms in total. The maximum atomic E-state index is 5.58. The van der Waals surface area contributed by atoms with Crippen molar-refractivity contribution in [2.45, 2.75) is 26.8 Å². The van der Waals surface area contributed by atoms with Crippen molar-refractivity contribution in [3.8, 4) is 5.75 Å². The highest BCUT2D eigenvalue weighted by Crippen LogP contribution is 2.24. The molecular weight excluding hydrogens is 314 g/mol. The topological polar surface area (TPSA) is 21.3 Å². The first-order valence-corrected chi connectivity index (χ1v) is 7.70. The van der Waals surface area contributed by atoms with E-state index in [0.29, 0.717) is 0 Å². The Labute approximate surface area is 129 Å². The van der Waals surface area contributed by atoms with E-state index in [1.807, 2.05) is 12.1 Å². The SMILES string of the molecule is CCCOc1ccc(CNc2cc(C)ccc2Br)cc1. The average Bonchev–Trinajstić information content (AvgIpc) is 2.47. The molecule has 0 spiro atoms. The lowest BCUT2D eigenvalue weighted by molar-refractivity contribution is 0.317. The van der Waals surface area contributed by atoms with Crippen LogP contribution in [0.1, 0.15) is 24.5 Å². The summed E-state index contributed by atoms with van der Waals surface area (Å²) >= 11 is 3.56. The van der Waals surface area contributed by atoms with Crippen molar-refractivity contribution < 1.29 is 4.74 Å². The molecule has 1 N–H and O–H groups in total. The van der Waals surface area contributed by atoms with Gasteiger partial charge in [0.1, 0.15) is 5.75 Å². The fourth-order valence-corrected chi connectivity index (χ4v) is 2.28. The molecule has 0 aliphatic rings. The number of ether oxygens (including phenoxy) is 1. The Morgan fingerprint density at radius 3 is 2.55 bits per heavy atom. The van der Waals surface area contributed by atoms with Gasteiger partial charge in [0.25, 0.3) is 0 Å². The van der Waals surface area contributed by atoms with E-state index in [1.54, 1.807) is 0 Å². The third-order valence-corrected chi connectivity index (χ3v) is 3.69. The van der Waals surface area contributed by atoms with Crippen LogP contribution in [0.25, 0.3) is 0 Å². The van der Waals surface area contributed by atoms with Crippen molar-refractivity contribution in [3.63, 3.8) is 0 Å². The largest absolute Gasteiger partial charge is 0.494 e. The minimum absolute atomic E-state index is 0.772. The molecule has 0 radical (unpaired) electrons. The third kappa shape index (κ3) is 4.27. The Morgan fingerprint density at radius 2 is 1.85 bits per heavy atom. The summed E-state index contributed by atoms with van der Waals surface area (Å²) in [4.78, 5) is 0. The highest BCUT2D eigenvalue weighted by atomic mass is 79.9. The monoisotopic (exact) mass is 333 g/mol. The van der Waals surface area contributed by atoms with Gasteiger partial charge < -0.3 is 10.1 Å². The van der Waals surface area contributed by atoms with Gasteiger partial charge >= 0.3 is 0 Å². The number of aryl methyl sites for hydroxylation is 1. The first-order chi connectivity index (χ1) is 9.69. The minimum atomic E-state index is 0.772. The van der Waals surface area contributed by atoms with Crippen LogP contribution in [0.5, 0.6) is 5.75 Å². The summed E-state index contributed by atoms with van der Waals surface area (Å²) in [5, 5.41) is 3.44. The summed E-state index contributed by atoms with van der Waals surface area (Å²) in [6, 6.07) is 14.6. The summed E-state index contributed by atoms with van der Waals surface area (Å²) in [6.07, 6.45) is 1.03. The summed E-state index contributed by atoms with van der Waals surface area (Å²) in [5.41, 5.74) is 3.61. The summed E-state index contributed by atoms with van der Waals surface area (Å²) in [5.74, 6) is 0.937. The number of benzene rings is 2.